The first-order valence-corrected chi connectivity index (χ1v) is 7.30. The fraction of sp³-hybridized carbons (Fsp3) is 0.692. The summed E-state index contributed by atoms with van der Waals surface area (Å²) in [4.78, 5) is 11.1. The molecular weight excluding hydrogens is 294 g/mol. The van der Waals surface area contributed by atoms with Gasteiger partial charge in [0.1, 0.15) is 5.60 Å². The number of aromatic nitrogens is 2. The molecule has 0 bridgehead atoms. The highest BCUT2D eigenvalue weighted by atomic mass is 79.9. The van der Waals surface area contributed by atoms with Crippen LogP contribution in [0.1, 0.15) is 26.7 Å². The Morgan fingerprint density at radius 3 is 2.72 bits per heavy atom. The molecule has 1 aromatic heterocycles. The van der Waals surface area contributed by atoms with Gasteiger partial charge in [0.25, 0.3) is 0 Å². The van der Waals surface area contributed by atoms with Gasteiger partial charge >= 0.3 is 0 Å². The summed E-state index contributed by atoms with van der Waals surface area (Å²) in [5.41, 5.74) is 0.0601. The predicted octanol–water partition coefficient (Wildman–Crippen LogP) is 2.63. The minimum absolute atomic E-state index is 0.0601. The minimum atomic E-state index is 0.0601. The van der Waals surface area contributed by atoms with E-state index in [2.05, 4.69) is 44.6 Å². The van der Waals surface area contributed by atoms with E-state index in [-0.39, 0.29) is 5.60 Å². The van der Waals surface area contributed by atoms with Gasteiger partial charge in [0.05, 0.1) is 17.1 Å². The Hall–Kier alpha value is -0.680. The van der Waals surface area contributed by atoms with Gasteiger partial charge in [-0.05, 0) is 34.7 Å². The zero-order chi connectivity index (χ0) is 12.8. The summed E-state index contributed by atoms with van der Waals surface area (Å²) < 4.78 is 6.94. The maximum atomic E-state index is 6.02. The Balaban J connectivity index is 1.84. The molecule has 0 radical (unpaired) electrons. The van der Waals surface area contributed by atoms with Crippen LogP contribution in [-0.2, 0) is 4.74 Å². The second kappa shape index (κ2) is 4.46. The number of nitrogens with zero attached hydrogens (tertiary/aromatic N) is 3. The Kier molecular flexibility index (Phi) is 3.06. The van der Waals surface area contributed by atoms with E-state index >= 15 is 0 Å². The van der Waals surface area contributed by atoms with Crippen molar-refractivity contribution in [2.75, 3.05) is 18.1 Å². The van der Waals surface area contributed by atoms with Crippen molar-refractivity contribution in [3.63, 3.8) is 0 Å². The van der Waals surface area contributed by atoms with Crippen LogP contribution >= 0.6 is 15.9 Å². The zero-order valence-electron chi connectivity index (χ0n) is 10.8. The van der Waals surface area contributed by atoms with E-state index in [1.54, 1.807) is 12.4 Å². The third-order valence-electron chi connectivity index (χ3n) is 3.94. The standard InChI is InChI=1S/C13H18BrN3O/c1-9(2)11-13(4-3-5-18-13)8-17(11)12-15-6-10(14)7-16-12/h6-7,9,11H,3-5,8H2,1-2H3/t11-,13-/m0/s1. The van der Waals surface area contributed by atoms with E-state index in [1.807, 2.05) is 0 Å². The van der Waals surface area contributed by atoms with Crippen molar-refractivity contribution in [1.29, 1.82) is 0 Å². The molecule has 1 spiro atoms. The Morgan fingerprint density at radius 2 is 2.17 bits per heavy atom. The van der Waals surface area contributed by atoms with Gasteiger partial charge in [-0.3, -0.25) is 0 Å². The number of hydrogen-bond acceptors (Lipinski definition) is 4. The summed E-state index contributed by atoms with van der Waals surface area (Å²) in [5.74, 6) is 1.36. The smallest absolute Gasteiger partial charge is 0.225 e. The van der Waals surface area contributed by atoms with Gasteiger partial charge in [0.15, 0.2) is 0 Å². The van der Waals surface area contributed by atoms with Crippen LogP contribution in [0.5, 0.6) is 0 Å². The van der Waals surface area contributed by atoms with Gasteiger partial charge in [-0.2, -0.15) is 0 Å². The summed E-state index contributed by atoms with van der Waals surface area (Å²) in [6, 6.07) is 0.404. The molecule has 2 atom stereocenters. The van der Waals surface area contributed by atoms with Gasteiger partial charge in [-0.15, -0.1) is 0 Å². The van der Waals surface area contributed by atoms with Crippen molar-refractivity contribution in [3.8, 4) is 0 Å². The SMILES string of the molecule is CC(C)[C@@H]1N(c2ncc(Br)cn2)C[C@@]12CCCO2. The van der Waals surface area contributed by atoms with Crippen LogP contribution in [0.25, 0.3) is 0 Å². The van der Waals surface area contributed by atoms with Gasteiger partial charge in [-0.25, -0.2) is 9.97 Å². The van der Waals surface area contributed by atoms with Crippen molar-refractivity contribution in [2.45, 2.75) is 38.3 Å². The predicted molar refractivity (Wildman–Crippen MR) is 73.6 cm³/mol. The highest BCUT2D eigenvalue weighted by Crippen LogP contribution is 2.45. The minimum Gasteiger partial charge on any atom is -0.371 e. The molecule has 0 aliphatic carbocycles. The van der Waals surface area contributed by atoms with E-state index in [1.165, 1.54) is 12.8 Å². The second-order valence-corrected chi connectivity index (χ2v) is 6.45. The molecule has 2 aliphatic heterocycles. The monoisotopic (exact) mass is 311 g/mol. The number of halogens is 1. The molecule has 3 rings (SSSR count). The molecule has 0 saturated carbocycles. The fourth-order valence-corrected chi connectivity index (χ4v) is 3.55. The molecule has 98 valence electrons. The first-order chi connectivity index (χ1) is 8.62. The van der Waals surface area contributed by atoms with Crippen LogP contribution in [0.3, 0.4) is 0 Å². The Morgan fingerprint density at radius 1 is 1.44 bits per heavy atom. The quantitative estimate of drug-likeness (QED) is 0.841. The molecule has 0 N–H and O–H groups in total. The molecule has 2 saturated heterocycles. The lowest BCUT2D eigenvalue weighted by molar-refractivity contribution is -0.0693. The van der Waals surface area contributed by atoms with Crippen molar-refractivity contribution in [3.05, 3.63) is 16.9 Å². The normalized spacial score (nSPS) is 31.1. The largest absolute Gasteiger partial charge is 0.371 e. The summed E-state index contributed by atoms with van der Waals surface area (Å²) in [5, 5.41) is 0. The van der Waals surface area contributed by atoms with Crippen molar-refractivity contribution < 1.29 is 4.74 Å². The summed E-state index contributed by atoms with van der Waals surface area (Å²) >= 11 is 3.37. The molecule has 0 amide bonds. The van der Waals surface area contributed by atoms with E-state index < -0.39 is 0 Å². The molecule has 3 heterocycles. The molecule has 0 unspecified atom stereocenters. The average molecular weight is 312 g/mol. The molecular formula is C13H18BrN3O. The van der Waals surface area contributed by atoms with Gasteiger partial charge in [0.2, 0.25) is 5.95 Å². The first kappa shape index (κ1) is 12.4. The molecule has 4 nitrogen and oxygen atoms in total. The number of ether oxygens (including phenoxy) is 1. The summed E-state index contributed by atoms with van der Waals surface area (Å²) in [6.07, 6.45) is 5.96. The first-order valence-electron chi connectivity index (χ1n) is 6.50. The van der Waals surface area contributed by atoms with Crippen LogP contribution in [0, 0.1) is 5.92 Å². The van der Waals surface area contributed by atoms with Gasteiger partial charge in [-0.1, -0.05) is 13.8 Å². The van der Waals surface area contributed by atoms with Gasteiger partial charge < -0.3 is 9.64 Å². The lowest BCUT2D eigenvalue weighted by Gasteiger charge is -2.56. The number of hydrogen-bond donors (Lipinski definition) is 0. The van der Waals surface area contributed by atoms with Crippen LogP contribution < -0.4 is 4.90 Å². The Bertz CT molecular complexity index is 428. The van der Waals surface area contributed by atoms with Crippen LogP contribution in [0.2, 0.25) is 0 Å². The topological polar surface area (TPSA) is 38.2 Å². The molecule has 18 heavy (non-hydrogen) atoms. The molecule has 0 aromatic carbocycles. The third kappa shape index (κ3) is 1.84. The molecule has 2 fully saturated rings. The van der Waals surface area contributed by atoms with E-state index in [0.29, 0.717) is 12.0 Å². The molecule has 1 aromatic rings. The number of rotatable bonds is 2. The maximum absolute atomic E-state index is 6.02. The summed E-state index contributed by atoms with van der Waals surface area (Å²) in [6.45, 7) is 6.33. The van der Waals surface area contributed by atoms with Crippen LogP contribution in [0.4, 0.5) is 5.95 Å². The highest BCUT2D eigenvalue weighted by Gasteiger charge is 2.57. The summed E-state index contributed by atoms with van der Waals surface area (Å²) in [7, 11) is 0. The van der Waals surface area contributed by atoms with Crippen molar-refractivity contribution in [1.82, 2.24) is 9.97 Å². The lowest BCUT2D eigenvalue weighted by Crippen LogP contribution is -2.72. The number of anilines is 1. The third-order valence-corrected chi connectivity index (χ3v) is 4.35. The van der Waals surface area contributed by atoms with Crippen LogP contribution in [-0.4, -0.2) is 34.8 Å². The Labute approximate surface area is 116 Å². The lowest BCUT2D eigenvalue weighted by atomic mass is 9.75. The van der Waals surface area contributed by atoms with E-state index in [4.69, 9.17) is 4.74 Å². The van der Waals surface area contributed by atoms with Crippen LogP contribution in [0.15, 0.2) is 16.9 Å². The van der Waals surface area contributed by atoms with Crippen molar-refractivity contribution >= 4 is 21.9 Å². The maximum Gasteiger partial charge on any atom is 0.225 e. The average Bonchev–Trinajstić information content (AvgIpc) is 2.77. The van der Waals surface area contributed by atoms with E-state index in [0.717, 1.165) is 23.6 Å². The zero-order valence-corrected chi connectivity index (χ0v) is 12.4. The fourth-order valence-electron chi connectivity index (χ4n) is 3.35. The molecule has 5 heteroatoms. The van der Waals surface area contributed by atoms with Crippen molar-refractivity contribution in [2.24, 2.45) is 5.92 Å². The molecule has 2 aliphatic rings. The highest BCUT2D eigenvalue weighted by molar-refractivity contribution is 9.10. The van der Waals surface area contributed by atoms with E-state index in [9.17, 15) is 0 Å². The van der Waals surface area contributed by atoms with Gasteiger partial charge in [0, 0.05) is 19.0 Å². The second-order valence-electron chi connectivity index (χ2n) is 5.53.